The highest BCUT2D eigenvalue weighted by Gasteiger charge is 2.19. The minimum absolute atomic E-state index is 0.309. The van der Waals surface area contributed by atoms with E-state index in [1.165, 1.54) is 0 Å². The van der Waals surface area contributed by atoms with Crippen molar-refractivity contribution in [2.45, 2.75) is 19.9 Å². The van der Waals surface area contributed by atoms with Crippen molar-refractivity contribution in [2.75, 3.05) is 36.0 Å². The first kappa shape index (κ1) is 13.0. The third kappa shape index (κ3) is 3.26. The Kier molecular flexibility index (Phi) is 4.53. The second kappa shape index (κ2) is 5.93. The van der Waals surface area contributed by atoms with E-state index in [-0.39, 0.29) is 0 Å². The average Bonchev–Trinajstić information content (AvgIpc) is 2.80. The molecule has 0 aromatic carbocycles. The quantitative estimate of drug-likeness (QED) is 0.900. The molecule has 1 aliphatic rings. The molecule has 0 spiro atoms. The van der Waals surface area contributed by atoms with Gasteiger partial charge in [-0.1, -0.05) is 6.92 Å². The van der Waals surface area contributed by atoms with Crippen LogP contribution in [0.15, 0.2) is 5.38 Å². The number of hydrogen-bond donors (Lipinski definition) is 1. The van der Waals surface area contributed by atoms with Crippen molar-refractivity contribution in [1.29, 1.82) is 0 Å². The van der Waals surface area contributed by atoms with Gasteiger partial charge in [0, 0.05) is 46.8 Å². The van der Waals surface area contributed by atoms with E-state index in [1.807, 2.05) is 0 Å². The summed E-state index contributed by atoms with van der Waals surface area (Å²) in [7, 11) is -0.617. The molecule has 1 aliphatic heterocycles. The first-order valence-electron chi connectivity index (χ1n) is 5.99. The van der Waals surface area contributed by atoms with Gasteiger partial charge in [-0.25, -0.2) is 4.98 Å². The van der Waals surface area contributed by atoms with Gasteiger partial charge in [0.1, 0.15) is 0 Å². The minimum atomic E-state index is -0.617. The first-order chi connectivity index (χ1) is 8.20. The van der Waals surface area contributed by atoms with Gasteiger partial charge in [-0.15, -0.1) is 11.3 Å². The molecule has 4 nitrogen and oxygen atoms in total. The van der Waals surface area contributed by atoms with Crippen molar-refractivity contribution in [3.8, 4) is 0 Å². The Morgan fingerprint density at radius 1 is 1.59 bits per heavy atom. The number of nitrogens with one attached hydrogen (secondary N) is 1. The maximum Gasteiger partial charge on any atom is 0.185 e. The molecule has 0 amide bonds. The van der Waals surface area contributed by atoms with Crippen LogP contribution in [0.1, 0.15) is 25.6 Å². The fraction of sp³-hybridized carbons (Fsp3) is 0.727. The predicted octanol–water partition coefficient (Wildman–Crippen LogP) is 1.38. The Hall–Kier alpha value is -0.460. The zero-order valence-corrected chi connectivity index (χ0v) is 11.9. The van der Waals surface area contributed by atoms with Crippen LogP contribution in [-0.2, 0) is 10.8 Å². The normalized spacial score (nSPS) is 19.5. The number of hydrogen-bond acceptors (Lipinski definition) is 5. The molecular weight excluding hydrogens is 254 g/mol. The molecule has 0 radical (unpaired) electrons. The standard InChI is InChI=1S/C11H19N3OS2/c1-3-12-9(2)10-8-16-11(13-10)14-4-6-17(15)7-5-14/h8-9,12H,3-7H2,1-2H3. The van der Waals surface area contributed by atoms with Crippen LogP contribution in [0.5, 0.6) is 0 Å². The number of aromatic nitrogens is 1. The fourth-order valence-corrected chi connectivity index (χ4v) is 3.89. The highest BCUT2D eigenvalue weighted by atomic mass is 32.2. The fourth-order valence-electron chi connectivity index (χ4n) is 1.86. The maximum absolute atomic E-state index is 11.3. The van der Waals surface area contributed by atoms with Gasteiger partial charge in [-0.3, -0.25) is 4.21 Å². The van der Waals surface area contributed by atoms with E-state index in [0.717, 1.165) is 42.0 Å². The molecule has 1 aromatic rings. The van der Waals surface area contributed by atoms with E-state index in [1.54, 1.807) is 11.3 Å². The lowest BCUT2D eigenvalue weighted by Crippen LogP contribution is -2.37. The molecule has 96 valence electrons. The minimum Gasteiger partial charge on any atom is -0.346 e. The second-order valence-electron chi connectivity index (χ2n) is 4.17. The zero-order chi connectivity index (χ0) is 12.3. The van der Waals surface area contributed by atoms with Crippen LogP contribution < -0.4 is 10.2 Å². The van der Waals surface area contributed by atoms with E-state index in [2.05, 4.69) is 34.4 Å². The second-order valence-corrected chi connectivity index (χ2v) is 6.70. The van der Waals surface area contributed by atoms with E-state index < -0.39 is 10.8 Å². The van der Waals surface area contributed by atoms with Gasteiger partial charge in [0.15, 0.2) is 5.13 Å². The Morgan fingerprint density at radius 2 is 2.29 bits per heavy atom. The van der Waals surface area contributed by atoms with E-state index in [9.17, 15) is 4.21 Å². The molecule has 1 fully saturated rings. The van der Waals surface area contributed by atoms with Gasteiger partial charge in [0.2, 0.25) is 0 Å². The average molecular weight is 273 g/mol. The Morgan fingerprint density at radius 3 is 2.94 bits per heavy atom. The summed E-state index contributed by atoms with van der Waals surface area (Å²) in [5.41, 5.74) is 1.11. The molecule has 0 bridgehead atoms. The highest BCUT2D eigenvalue weighted by molar-refractivity contribution is 7.85. The highest BCUT2D eigenvalue weighted by Crippen LogP contribution is 2.24. The number of rotatable bonds is 4. The molecule has 17 heavy (non-hydrogen) atoms. The number of nitrogens with zero attached hydrogens (tertiary/aromatic N) is 2. The Bertz CT molecular complexity index is 384. The van der Waals surface area contributed by atoms with Crippen molar-refractivity contribution >= 4 is 27.3 Å². The van der Waals surface area contributed by atoms with Crippen LogP contribution in [0.2, 0.25) is 0 Å². The summed E-state index contributed by atoms with van der Waals surface area (Å²) in [4.78, 5) is 6.90. The van der Waals surface area contributed by atoms with Gasteiger partial charge >= 0.3 is 0 Å². The maximum atomic E-state index is 11.3. The van der Waals surface area contributed by atoms with Crippen LogP contribution in [-0.4, -0.2) is 40.3 Å². The van der Waals surface area contributed by atoms with Gasteiger partial charge in [0.05, 0.1) is 5.69 Å². The third-order valence-corrected chi connectivity index (χ3v) is 5.11. The van der Waals surface area contributed by atoms with Crippen LogP contribution in [0.25, 0.3) is 0 Å². The van der Waals surface area contributed by atoms with Gasteiger partial charge in [-0.2, -0.15) is 0 Å². The summed E-state index contributed by atoms with van der Waals surface area (Å²) in [6, 6.07) is 0.309. The zero-order valence-electron chi connectivity index (χ0n) is 10.3. The molecular formula is C11H19N3OS2. The molecule has 1 aromatic heterocycles. The molecule has 1 saturated heterocycles. The molecule has 0 saturated carbocycles. The summed E-state index contributed by atoms with van der Waals surface area (Å²) in [6.07, 6.45) is 0. The Labute approximate surface area is 109 Å². The largest absolute Gasteiger partial charge is 0.346 e. The van der Waals surface area contributed by atoms with Crippen LogP contribution in [0, 0.1) is 0 Å². The Balaban J connectivity index is 2.00. The lowest BCUT2D eigenvalue weighted by molar-refractivity contribution is 0.586. The van der Waals surface area contributed by atoms with Crippen LogP contribution >= 0.6 is 11.3 Å². The van der Waals surface area contributed by atoms with Crippen LogP contribution in [0.3, 0.4) is 0 Å². The smallest absolute Gasteiger partial charge is 0.185 e. The van der Waals surface area contributed by atoms with E-state index in [4.69, 9.17) is 0 Å². The van der Waals surface area contributed by atoms with E-state index in [0.29, 0.717) is 6.04 Å². The van der Waals surface area contributed by atoms with Gasteiger partial charge in [0.25, 0.3) is 0 Å². The lowest BCUT2D eigenvalue weighted by Gasteiger charge is -2.25. The third-order valence-electron chi connectivity index (χ3n) is 2.91. The SMILES string of the molecule is CCNC(C)c1csc(N2CCS(=O)CC2)n1. The first-order valence-corrected chi connectivity index (χ1v) is 8.36. The number of anilines is 1. The summed E-state index contributed by atoms with van der Waals surface area (Å²) >= 11 is 1.69. The molecule has 1 atom stereocenters. The van der Waals surface area contributed by atoms with Gasteiger partial charge in [-0.05, 0) is 13.5 Å². The van der Waals surface area contributed by atoms with Crippen molar-refractivity contribution in [2.24, 2.45) is 0 Å². The topological polar surface area (TPSA) is 45.2 Å². The van der Waals surface area contributed by atoms with Crippen molar-refractivity contribution in [1.82, 2.24) is 10.3 Å². The summed E-state index contributed by atoms with van der Waals surface area (Å²) in [5, 5.41) is 6.55. The van der Waals surface area contributed by atoms with Crippen molar-refractivity contribution in [3.05, 3.63) is 11.1 Å². The molecule has 1 N–H and O–H groups in total. The summed E-state index contributed by atoms with van der Waals surface area (Å²) in [6.45, 7) is 6.93. The van der Waals surface area contributed by atoms with E-state index >= 15 is 0 Å². The van der Waals surface area contributed by atoms with Crippen molar-refractivity contribution < 1.29 is 4.21 Å². The molecule has 6 heteroatoms. The van der Waals surface area contributed by atoms with Gasteiger partial charge < -0.3 is 10.2 Å². The lowest BCUT2D eigenvalue weighted by atomic mass is 10.3. The van der Waals surface area contributed by atoms with Crippen LogP contribution in [0.4, 0.5) is 5.13 Å². The monoisotopic (exact) mass is 273 g/mol. The molecule has 1 unspecified atom stereocenters. The predicted molar refractivity (Wildman–Crippen MR) is 74.3 cm³/mol. The number of thiazole rings is 1. The molecule has 2 heterocycles. The molecule has 0 aliphatic carbocycles. The summed E-state index contributed by atoms with van der Waals surface area (Å²) in [5.74, 6) is 1.55. The summed E-state index contributed by atoms with van der Waals surface area (Å²) < 4.78 is 11.3. The van der Waals surface area contributed by atoms with Crippen molar-refractivity contribution in [3.63, 3.8) is 0 Å². The molecule has 2 rings (SSSR count).